The number of pyridine rings is 1. The van der Waals surface area contributed by atoms with E-state index in [0.717, 1.165) is 5.56 Å². The third-order valence-electron chi connectivity index (χ3n) is 6.85. The number of urea groups is 1. The van der Waals surface area contributed by atoms with Crippen molar-refractivity contribution in [1.29, 1.82) is 0 Å². The second kappa shape index (κ2) is 11.0. The number of amides is 2. The predicted octanol–water partition coefficient (Wildman–Crippen LogP) is 3.93. The number of carbonyl (C=O) groups is 1. The molecule has 2 N–H and O–H groups in total. The van der Waals surface area contributed by atoms with E-state index in [9.17, 15) is 13.2 Å². The summed E-state index contributed by atoms with van der Waals surface area (Å²) in [5.41, 5.74) is 2.62. The molecule has 4 rings (SSSR count). The van der Waals surface area contributed by atoms with Gasteiger partial charge in [-0.15, -0.1) is 0 Å². The van der Waals surface area contributed by atoms with Crippen molar-refractivity contribution in [1.82, 2.24) is 20.3 Å². The van der Waals surface area contributed by atoms with Crippen LogP contribution < -0.4 is 15.5 Å². The molecule has 11 heteroatoms. The molecule has 1 unspecified atom stereocenters. The summed E-state index contributed by atoms with van der Waals surface area (Å²) < 4.78 is 29.6. The number of anilines is 2. The molecule has 202 valence electrons. The lowest BCUT2D eigenvalue weighted by molar-refractivity contribution is 0.0985. The molecular formula is C27H34N6O4S. The van der Waals surface area contributed by atoms with Gasteiger partial charge in [0.05, 0.1) is 31.0 Å². The molecule has 2 amide bonds. The van der Waals surface area contributed by atoms with Crippen molar-refractivity contribution in [2.45, 2.75) is 44.5 Å². The highest BCUT2D eigenvalue weighted by atomic mass is 32.2. The number of nitrogens with one attached hydrogen (secondary N) is 2. The number of nitrogens with zero attached hydrogens (tertiary/aromatic N) is 4. The van der Waals surface area contributed by atoms with Gasteiger partial charge in [-0.1, -0.05) is 6.07 Å². The highest BCUT2D eigenvalue weighted by molar-refractivity contribution is 7.91. The van der Waals surface area contributed by atoms with Crippen LogP contribution in [0.1, 0.15) is 45.0 Å². The van der Waals surface area contributed by atoms with Crippen LogP contribution in [0.4, 0.5) is 16.3 Å². The average Bonchev–Trinajstić information content (AvgIpc) is 2.89. The van der Waals surface area contributed by atoms with Crippen LogP contribution in [-0.2, 0) is 19.3 Å². The Hall–Kier alpha value is -3.57. The van der Waals surface area contributed by atoms with E-state index >= 15 is 0 Å². The van der Waals surface area contributed by atoms with E-state index in [1.807, 2.05) is 26.0 Å². The maximum atomic E-state index is 12.6. The normalized spacial score (nSPS) is 17.1. The summed E-state index contributed by atoms with van der Waals surface area (Å²) in [5.74, 6) is 1.07. The summed E-state index contributed by atoms with van der Waals surface area (Å²) in [6, 6.07) is 12.1. The van der Waals surface area contributed by atoms with Crippen LogP contribution in [-0.4, -0.2) is 61.5 Å². The van der Waals surface area contributed by atoms with Crippen LogP contribution in [0.3, 0.4) is 0 Å². The van der Waals surface area contributed by atoms with Crippen molar-refractivity contribution in [3.63, 3.8) is 0 Å². The van der Waals surface area contributed by atoms with Gasteiger partial charge >= 0.3 is 6.03 Å². The Kier molecular flexibility index (Phi) is 7.98. The van der Waals surface area contributed by atoms with E-state index in [1.165, 1.54) is 6.26 Å². The van der Waals surface area contributed by atoms with Crippen LogP contribution >= 0.6 is 0 Å². The Morgan fingerprint density at radius 2 is 1.92 bits per heavy atom. The standard InChI is InChI=1S/C27H34N6O4S/c1-18-17-37-14-13-33(18)24-15-23(27(3,4)38(5,35)36)31-25(32-24)20-8-10-22(11-9-20)30-26(34)29-19(2)21-7-6-12-28-16-21/h6-12,15-16,18-19H,13-14,17H2,1-5H3,(H2,29,30,34)/t18-,19?/m0/s1. The van der Waals surface area contributed by atoms with Gasteiger partial charge in [0.15, 0.2) is 15.7 Å². The minimum Gasteiger partial charge on any atom is -0.377 e. The minimum absolute atomic E-state index is 0.0832. The first-order valence-electron chi connectivity index (χ1n) is 12.5. The molecule has 0 bridgehead atoms. The van der Waals surface area contributed by atoms with Crippen LogP contribution in [0.25, 0.3) is 11.4 Å². The summed E-state index contributed by atoms with van der Waals surface area (Å²) in [6.07, 6.45) is 4.61. The molecule has 1 saturated heterocycles. The van der Waals surface area contributed by atoms with Crippen molar-refractivity contribution in [2.75, 3.05) is 36.2 Å². The predicted molar refractivity (Wildman–Crippen MR) is 148 cm³/mol. The lowest BCUT2D eigenvalue weighted by Gasteiger charge is -2.35. The molecule has 3 heterocycles. The second-order valence-corrected chi connectivity index (χ2v) is 12.6. The topological polar surface area (TPSA) is 126 Å². The van der Waals surface area contributed by atoms with Crippen molar-refractivity contribution >= 4 is 27.4 Å². The maximum Gasteiger partial charge on any atom is 0.319 e. The number of benzene rings is 1. The first kappa shape index (κ1) is 27.5. The molecule has 10 nitrogen and oxygen atoms in total. The Bertz CT molecular complexity index is 1380. The summed E-state index contributed by atoms with van der Waals surface area (Å²) in [6.45, 7) is 9.00. The first-order chi connectivity index (χ1) is 18.0. The van der Waals surface area contributed by atoms with Gasteiger partial charge in [0.2, 0.25) is 0 Å². The quantitative estimate of drug-likeness (QED) is 0.463. The number of sulfone groups is 1. The van der Waals surface area contributed by atoms with Gasteiger partial charge in [-0.05, 0) is 63.6 Å². The van der Waals surface area contributed by atoms with Crippen molar-refractivity contribution in [3.8, 4) is 11.4 Å². The Labute approximate surface area is 223 Å². The lowest BCUT2D eigenvalue weighted by Crippen LogP contribution is -2.44. The number of hydrogen-bond acceptors (Lipinski definition) is 8. The van der Waals surface area contributed by atoms with Crippen molar-refractivity contribution in [3.05, 3.63) is 66.1 Å². The molecular weight excluding hydrogens is 504 g/mol. The van der Waals surface area contributed by atoms with E-state index in [1.54, 1.807) is 56.6 Å². The summed E-state index contributed by atoms with van der Waals surface area (Å²) in [4.78, 5) is 28.2. The fourth-order valence-corrected chi connectivity index (χ4v) is 4.54. The molecule has 0 spiro atoms. The molecule has 1 aliphatic rings. The monoisotopic (exact) mass is 538 g/mol. The number of rotatable bonds is 7. The lowest BCUT2D eigenvalue weighted by atomic mass is 10.1. The second-order valence-electron chi connectivity index (χ2n) is 10.0. The zero-order valence-corrected chi connectivity index (χ0v) is 23.1. The smallest absolute Gasteiger partial charge is 0.319 e. The Morgan fingerprint density at radius 1 is 1.18 bits per heavy atom. The zero-order valence-electron chi connectivity index (χ0n) is 22.3. The number of hydrogen-bond donors (Lipinski definition) is 2. The van der Waals surface area contributed by atoms with Gasteiger partial charge in [0, 0.05) is 42.5 Å². The molecule has 0 aliphatic carbocycles. The molecule has 3 aromatic rings. The molecule has 1 aliphatic heterocycles. The maximum absolute atomic E-state index is 12.6. The molecule has 0 saturated carbocycles. The van der Waals surface area contributed by atoms with Crippen molar-refractivity contribution in [2.24, 2.45) is 0 Å². The van der Waals surface area contributed by atoms with Crippen LogP contribution in [0.2, 0.25) is 0 Å². The molecule has 1 aromatic carbocycles. The number of aromatic nitrogens is 3. The van der Waals surface area contributed by atoms with Crippen LogP contribution in [0, 0.1) is 0 Å². The first-order valence-corrected chi connectivity index (χ1v) is 14.4. The third kappa shape index (κ3) is 6.11. The molecule has 2 atom stereocenters. The fraction of sp³-hybridized carbons (Fsp3) is 0.407. The van der Waals surface area contributed by atoms with Gasteiger partial charge in [-0.25, -0.2) is 23.2 Å². The van der Waals surface area contributed by atoms with E-state index in [2.05, 4.69) is 25.5 Å². The molecule has 1 fully saturated rings. The highest BCUT2D eigenvalue weighted by Gasteiger charge is 2.35. The van der Waals surface area contributed by atoms with Crippen LogP contribution in [0.15, 0.2) is 54.9 Å². The largest absolute Gasteiger partial charge is 0.377 e. The van der Waals surface area contributed by atoms with Crippen LogP contribution in [0.5, 0.6) is 0 Å². The zero-order chi connectivity index (χ0) is 27.5. The molecule has 2 aromatic heterocycles. The molecule has 0 radical (unpaired) electrons. The summed E-state index contributed by atoms with van der Waals surface area (Å²) >= 11 is 0. The highest BCUT2D eigenvalue weighted by Crippen LogP contribution is 2.32. The Balaban J connectivity index is 1.59. The van der Waals surface area contributed by atoms with Crippen molar-refractivity contribution < 1.29 is 17.9 Å². The van der Waals surface area contributed by atoms with E-state index in [-0.39, 0.29) is 18.1 Å². The summed E-state index contributed by atoms with van der Waals surface area (Å²) in [7, 11) is -3.46. The van der Waals surface area contributed by atoms with Gasteiger partial charge in [-0.3, -0.25) is 4.98 Å². The average molecular weight is 539 g/mol. The minimum atomic E-state index is -3.46. The van der Waals surface area contributed by atoms with Gasteiger partial charge < -0.3 is 20.3 Å². The van der Waals surface area contributed by atoms with Gasteiger partial charge in [-0.2, -0.15) is 0 Å². The number of morpholine rings is 1. The Morgan fingerprint density at radius 3 is 2.55 bits per heavy atom. The van der Waals surface area contributed by atoms with Gasteiger partial charge in [0.25, 0.3) is 0 Å². The van der Waals surface area contributed by atoms with E-state index in [0.29, 0.717) is 48.3 Å². The fourth-order valence-electron chi connectivity index (χ4n) is 4.06. The number of ether oxygens (including phenoxy) is 1. The third-order valence-corrected chi connectivity index (χ3v) is 8.91. The SMILES string of the molecule is CC(NC(=O)Nc1ccc(-c2nc(N3CCOC[C@@H]3C)cc(C(C)(C)S(C)(=O)=O)n2)cc1)c1cccnc1. The molecule has 38 heavy (non-hydrogen) atoms. The number of carbonyl (C=O) groups excluding carboxylic acids is 1. The summed E-state index contributed by atoms with van der Waals surface area (Å²) in [5, 5.41) is 5.72. The van der Waals surface area contributed by atoms with E-state index in [4.69, 9.17) is 9.72 Å². The van der Waals surface area contributed by atoms with E-state index < -0.39 is 14.6 Å². The van der Waals surface area contributed by atoms with Gasteiger partial charge in [0.1, 0.15) is 10.6 Å².